The lowest BCUT2D eigenvalue weighted by molar-refractivity contribution is -0.119. The largest absolute Gasteiger partial charge is 0.298 e. The number of carbonyl (C=O) groups excluding carboxylic acids is 1. The van der Waals surface area contributed by atoms with Crippen LogP contribution in [0.4, 0.5) is 0 Å². The second-order valence-corrected chi connectivity index (χ2v) is 6.38. The van der Waals surface area contributed by atoms with Crippen LogP contribution in [0.5, 0.6) is 0 Å². The second-order valence-electron chi connectivity index (χ2n) is 3.79. The molecule has 2 aliphatic rings. The maximum Gasteiger partial charge on any atom is 0.150 e. The maximum absolute atomic E-state index is 11.9. The van der Waals surface area contributed by atoms with Gasteiger partial charge in [-0.1, -0.05) is 6.92 Å². The molecule has 1 heterocycles. The monoisotopic (exact) mass is 216 g/mol. The predicted molar refractivity (Wildman–Crippen MR) is 60.5 cm³/mol. The van der Waals surface area contributed by atoms with Crippen molar-refractivity contribution in [1.29, 1.82) is 0 Å². The summed E-state index contributed by atoms with van der Waals surface area (Å²) in [5.74, 6) is 3.41. The third-order valence-corrected chi connectivity index (χ3v) is 5.98. The Kier molecular flexibility index (Phi) is 3.25. The van der Waals surface area contributed by atoms with Crippen LogP contribution < -0.4 is 0 Å². The minimum Gasteiger partial charge on any atom is -0.298 e. The van der Waals surface area contributed by atoms with Gasteiger partial charge in [0.05, 0.1) is 5.25 Å². The highest BCUT2D eigenvalue weighted by Crippen LogP contribution is 2.40. The lowest BCUT2D eigenvalue weighted by Crippen LogP contribution is -2.33. The van der Waals surface area contributed by atoms with Gasteiger partial charge in [-0.2, -0.15) is 11.8 Å². The van der Waals surface area contributed by atoms with E-state index in [1.807, 2.05) is 23.5 Å². The summed E-state index contributed by atoms with van der Waals surface area (Å²) in [5.41, 5.74) is 0. The number of Topliss-reactive ketones (excluding diaryl/α,β-unsaturated/α-hetero) is 1. The first-order chi connectivity index (χ1) is 6.33. The summed E-state index contributed by atoms with van der Waals surface area (Å²) >= 11 is 3.91. The highest BCUT2D eigenvalue weighted by atomic mass is 32.2. The van der Waals surface area contributed by atoms with Crippen LogP contribution in [0.15, 0.2) is 0 Å². The van der Waals surface area contributed by atoms with E-state index in [1.54, 1.807) is 0 Å². The van der Waals surface area contributed by atoms with Crippen molar-refractivity contribution in [2.75, 3.05) is 11.5 Å². The smallest absolute Gasteiger partial charge is 0.150 e. The summed E-state index contributed by atoms with van der Waals surface area (Å²) in [5, 5.41) is 0.933. The number of hydrogen-bond donors (Lipinski definition) is 0. The zero-order valence-electron chi connectivity index (χ0n) is 7.99. The Balaban J connectivity index is 1.96. The first-order valence-corrected chi connectivity index (χ1v) is 7.19. The number of carbonyl (C=O) groups is 1. The fourth-order valence-corrected chi connectivity index (χ4v) is 4.87. The molecule has 2 unspecified atom stereocenters. The van der Waals surface area contributed by atoms with Gasteiger partial charge in [0.15, 0.2) is 0 Å². The van der Waals surface area contributed by atoms with Crippen molar-refractivity contribution in [3.8, 4) is 0 Å². The van der Waals surface area contributed by atoms with E-state index in [1.165, 1.54) is 11.5 Å². The van der Waals surface area contributed by atoms with Gasteiger partial charge in [-0.25, -0.2) is 0 Å². The van der Waals surface area contributed by atoms with Crippen LogP contribution in [0.2, 0.25) is 0 Å². The van der Waals surface area contributed by atoms with Crippen molar-refractivity contribution < 1.29 is 4.79 Å². The highest BCUT2D eigenvalue weighted by Gasteiger charge is 2.39. The molecule has 2 atom stereocenters. The van der Waals surface area contributed by atoms with Crippen molar-refractivity contribution in [2.45, 2.75) is 36.7 Å². The fraction of sp³-hybridized carbons (Fsp3) is 0.900. The van der Waals surface area contributed by atoms with Crippen molar-refractivity contribution in [3.63, 3.8) is 0 Å². The van der Waals surface area contributed by atoms with Crippen LogP contribution in [0.3, 0.4) is 0 Å². The van der Waals surface area contributed by atoms with Gasteiger partial charge in [-0.15, -0.1) is 11.8 Å². The Morgan fingerprint density at radius 1 is 1.31 bits per heavy atom. The van der Waals surface area contributed by atoms with Crippen LogP contribution in [0.25, 0.3) is 0 Å². The molecule has 0 N–H and O–H groups in total. The molecular formula is C10H16OS2. The summed E-state index contributed by atoms with van der Waals surface area (Å²) < 4.78 is 0. The summed E-state index contributed by atoms with van der Waals surface area (Å²) in [4.78, 5) is 11.9. The van der Waals surface area contributed by atoms with Gasteiger partial charge >= 0.3 is 0 Å². The SMILES string of the molecule is CCC1SCCSC1C(=O)C1CC1. The molecule has 0 aromatic carbocycles. The Morgan fingerprint density at radius 2 is 2.00 bits per heavy atom. The average molecular weight is 216 g/mol. The minimum atomic E-state index is 0.330. The molecule has 1 aliphatic heterocycles. The number of hydrogen-bond acceptors (Lipinski definition) is 3. The van der Waals surface area contributed by atoms with E-state index in [2.05, 4.69) is 6.92 Å². The van der Waals surface area contributed by atoms with E-state index in [0.717, 1.165) is 19.3 Å². The van der Waals surface area contributed by atoms with Crippen LogP contribution >= 0.6 is 23.5 Å². The van der Waals surface area contributed by atoms with Crippen LogP contribution in [-0.4, -0.2) is 27.8 Å². The number of thioether (sulfide) groups is 2. The normalized spacial score (nSPS) is 34.5. The third kappa shape index (κ3) is 2.24. The fourth-order valence-electron chi connectivity index (χ4n) is 1.77. The van der Waals surface area contributed by atoms with Crippen molar-refractivity contribution in [2.24, 2.45) is 5.92 Å². The van der Waals surface area contributed by atoms with Gasteiger partial charge in [0, 0.05) is 22.7 Å². The van der Waals surface area contributed by atoms with Crippen LogP contribution in [0, 0.1) is 5.92 Å². The van der Waals surface area contributed by atoms with Gasteiger partial charge in [0.25, 0.3) is 0 Å². The Hall–Kier alpha value is 0.370. The van der Waals surface area contributed by atoms with E-state index in [4.69, 9.17) is 0 Å². The molecule has 1 aliphatic carbocycles. The molecular weight excluding hydrogens is 200 g/mol. The predicted octanol–water partition coefficient (Wildman–Crippen LogP) is 2.59. The van der Waals surface area contributed by atoms with Crippen molar-refractivity contribution >= 4 is 29.3 Å². The third-order valence-electron chi connectivity index (χ3n) is 2.71. The molecule has 0 bridgehead atoms. The summed E-state index contributed by atoms with van der Waals surface area (Å²) in [7, 11) is 0. The van der Waals surface area contributed by atoms with E-state index in [-0.39, 0.29) is 0 Å². The van der Waals surface area contributed by atoms with Crippen molar-refractivity contribution in [3.05, 3.63) is 0 Å². The van der Waals surface area contributed by atoms with E-state index in [0.29, 0.717) is 22.2 Å². The van der Waals surface area contributed by atoms with Crippen LogP contribution in [-0.2, 0) is 4.79 Å². The molecule has 0 aromatic heterocycles. The lowest BCUT2D eigenvalue weighted by Gasteiger charge is -2.28. The number of ketones is 1. The quantitative estimate of drug-likeness (QED) is 0.722. The van der Waals surface area contributed by atoms with Gasteiger partial charge in [0.2, 0.25) is 0 Å². The first kappa shape index (κ1) is 9.91. The standard InChI is InChI=1S/C10H16OS2/c1-2-8-10(13-6-5-12-8)9(11)7-3-4-7/h7-8,10H,2-6H2,1H3. The van der Waals surface area contributed by atoms with Gasteiger partial charge in [-0.05, 0) is 19.3 Å². The van der Waals surface area contributed by atoms with Crippen molar-refractivity contribution in [1.82, 2.24) is 0 Å². The molecule has 0 radical (unpaired) electrons. The Morgan fingerprint density at radius 3 is 2.62 bits per heavy atom. The molecule has 74 valence electrons. The molecule has 1 nitrogen and oxygen atoms in total. The second kappa shape index (κ2) is 4.26. The Bertz CT molecular complexity index is 201. The summed E-state index contributed by atoms with van der Waals surface area (Å²) in [6.45, 7) is 2.21. The van der Waals surface area contributed by atoms with Gasteiger partial charge in [0.1, 0.15) is 5.78 Å². The minimum absolute atomic E-state index is 0.330. The molecule has 0 amide bonds. The molecule has 0 spiro atoms. The molecule has 1 saturated carbocycles. The summed E-state index contributed by atoms with van der Waals surface area (Å²) in [6, 6.07) is 0. The average Bonchev–Trinajstić information content (AvgIpc) is 3.00. The van der Waals surface area contributed by atoms with Gasteiger partial charge in [-0.3, -0.25) is 4.79 Å². The maximum atomic E-state index is 11.9. The molecule has 0 aromatic rings. The Labute approximate surface area is 88.4 Å². The molecule has 1 saturated heterocycles. The zero-order valence-corrected chi connectivity index (χ0v) is 9.63. The van der Waals surface area contributed by atoms with Gasteiger partial charge < -0.3 is 0 Å². The molecule has 3 heteroatoms. The lowest BCUT2D eigenvalue weighted by atomic mass is 10.1. The topological polar surface area (TPSA) is 17.1 Å². The molecule has 2 fully saturated rings. The number of rotatable bonds is 3. The zero-order chi connectivity index (χ0) is 9.26. The summed E-state index contributed by atoms with van der Waals surface area (Å²) in [6.07, 6.45) is 3.48. The van der Waals surface area contributed by atoms with E-state index < -0.39 is 0 Å². The first-order valence-electron chi connectivity index (χ1n) is 5.10. The van der Waals surface area contributed by atoms with E-state index >= 15 is 0 Å². The molecule has 13 heavy (non-hydrogen) atoms. The van der Waals surface area contributed by atoms with E-state index in [9.17, 15) is 4.79 Å². The van der Waals surface area contributed by atoms with Crippen LogP contribution in [0.1, 0.15) is 26.2 Å². The molecule has 2 rings (SSSR count). The highest BCUT2D eigenvalue weighted by molar-refractivity contribution is 8.07.